The van der Waals surface area contributed by atoms with Crippen molar-refractivity contribution in [3.8, 4) is 0 Å². The number of halogens is 1. The van der Waals surface area contributed by atoms with E-state index in [9.17, 15) is 0 Å². The van der Waals surface area contributed by atoms with Crippen LogP contribution in [0, 0.1) is 13.8 Å². The lowest BCUT2D eigenvalue weighted by atomic mass is 10.2. The SMILES string of the molecule is Cc1cp(CCCCCCBr)cc1C. The molecule has 1 aromatic heterocycles. The predicted molar refractivity (Wildman–Crippen MR) is 70.9 cm³/mol. The maximum absolute atomic E-state index is 3.47. The van der Waals surface area contributed by atoms with Crippen LogP contribution in [-0.4, -0.2) is 5.33 Å². The molecule has 0 aliphatic rings. The van der Waals surface area contributed by atoms with Crippen LogP contribution in [-0.2, 0) is 6.16 Å². The first-order chi connectivity index (χ1) is 6.74. The summed E-state index contributed by atoms with van der Waals surface area (Å²) < 4.78 is 0. The number of rotatable bonds is 6. The molecule has 0 bridgehead atoms. The van der Waals surface area contributed by atoms with Crippen molar-refractivity contribution in [1.82, 2.24) is 0 Å². The van der Waals surface area contributed by atoms with Gasteiger partial charge < -0.3 is 0 Å². The minimum Gasteiger partial charge on any atom is -0.124 e. The highest BCUT2D eigenvalue weighted by atomic mass is 79.9. The Bertz CT molecular complexity index is 246. The Hall–Kier alpha value is 0.260. The van der Waals surface area contributed by atoms with Crippen LogP contribution in [0.3, 0.4) is 0 Å². The van der Waals surface area contributed by atoms with Crippen LogP contribution in [0.25, 0.3) is 0 Å². The third-order valence-corrected chi connectivity index (χ3v) is 5.47. The summed E-state index contributed by atoms with van der Waals surface area (Å²) in [5, 5.41) is 1.17. The molecular weight excluding hydrogens is 255 g/mol. The molecule has 2 heteroatoms. The second-order valence-corrected chi connectivity index (χ2v) is 6.75. The van der Waals surface area contributed by atoms with Crippen LogP contribution in [0.5, 0.6) is 0 Å². The Morgan fingerprint density at radius 3 is 2.14 bits per heavy atom. The van der Waals surface area contributed by atoms with Gasteiger partial charge in [0.15, 0.2) is 0 Å². The number of unbranched alkanes of at least 4 members (excludes halogenated alkanes) is 3. The highest BCUT2D eigenvalue weighted by molar-refractivity contribution is 9.09. The molecule has 0 aromatic carbocycles. The van der Waals surface area contributed by atoms with E-state index < -0.39 is 0 Å². The fourth-order valence-corrected chi connectivity index (χ4v) is 4.33. The van der Waals surface area contributed by atoms with Crippen molar-refractivity contribution in [3.63, 3.8) is 0 Å². The standard InChI is InChI=1S/C12H20BrP/c1-11-9-14(10-12(11)2)8-6-4-3-5-7-13/h9-10H,3-8H2,1-2H3. The van der Waals surface area contributed by atoms with Gasteiger partial charge in [-0.2, -0.15) is 0 Å². The second kappa shape index (κ2) is 6.69. The number of hydrogen-bond acceptors (Lipinski definition) is 0. The van der Waals surface area contributed by atoms with Gasteiger partial charge in [0.05, 0.1) is 0 Å². The molecule has 0 saturated carbocycles. The second-order valence-electron chi connectivity index (χ2n) is 3.97. The molecule has 0 saturated heterocycles. The highest BCUT2D eigenvalue weighted by Crippen LogP contribution is 2.34. The monoisotopic (exact) mass is 274 g/mol. The van der Waals surface area contributed by atoms with E-state index in [1.165, 1.54) is 48.3 Å². The molecule has 1 aromatic rings. The van der Waals surface area contributed by atoms with Gasteiger partial charge >= 0.3 is 0 Å². The third kappa shape index (κ3) is 4.19. The quantitative estimate of drug-likeness (QED) is 0.491. The molecule has 1 rings (SSSR count). The Kier molecular flexibility index (Phi) is 5.89. The first kappa shape index (κ1) is 12.3. The zero-order chi connectivity index (χ0) is 10.4. The molecule has 0 fully saturated rings. The summed E-state index contributed by atoms with van der Waals surface area (Å²) in [6.07, 6.45) is 6.95. The van der Waals surface area contributed by atoms with E-state index in [0.717, 1.165) is 0 Å². The molecule has 0 atom stereocenters. The van der Waals surface area contributed by atoms with Crippen molar-refractivity contribution in [1.29, 1.82) is 0 Å². The topological polar surface area (TPSA) is 0 Å². The lowest BCUT2D eigenvalue weighted by Crippen LogP contribution is -1.78. The average Bonchev–Trinajstić information content (AvgIpc) is 2.46. The van der Waals surface area contributed by atoms with Crippen molar-refractivity contribution < 1.29 is 0 Å². The van der Waals surface area contributed by atoms with Gasteiger partial charge in [0.1, 0.15) is 0 Å². The number of alkyl halides is 1. The highest BCUT2D eigenvalue weighted by Gasteiger charge is 1.98. The maximum Gasteiger partial charge on any atom is 0.00313 e. The van der Waals surface area contributed by atoms with Gasteiger partial charge in [-0.15, -0.1) is 7.53 Å². The third-order valence-electron chi connectivity index (χ3n) is 2.64. The molecular formula is C12H20BrP. The molecule has 0 amide bonds. The smallest absolute Gasteiger partial charge is 0.00313 e. The Morgan fingerprint density at radius 2 is 1.57 bits per heavy atom. The molecule has 0 radical (unpaired) electrons. The maximum atomic E-state index is 3.47. The van der Waals surface area contributed by atoms with Crippen molar-refractivity contribution >= 4 is 23.5 Å². The Balaban J connectivity index is 2.18. The van der Waals surface area contributed by atoms with Crippen LogP contribution >= 0.6 is 23.5 Å². The van der Waals surface area contributed by atoms with E-state index in [2.05, 4.69) is 41.4 Å². The van der Waals surface area contributed by atoms with Gasteiger partial charge in [-0.25, -0.2) is 0 Å². The van der Waals surface area contributed by atoms with Crippen LogP contribution in [0.15, 0.2) is 11.6 Å². The van der Waals surface area contributed by atoms with Crippen molar-refractivity contribution in [2.75, 3.05) is 5.33 Å². The summed E-state index contributed by atoms with van der Waals surface area (Å²) in [5.41, 5.74) is 3.02. The van der Waals surface area contributed by atoms with E-state index in [1.807, 2.05) is 0 Å². The molecule has 0 spiro atoms. The van der Waals surface area contributed by atoms with Crippen molar-refractivity contribution in [3.05, 3.63) is 22.7 Å². The van der Waals surface area contributed by atoms with E-state index in [0.29, 0.717) is 0 Å². The van der Waals surface area contributed by atoms with Crippen LogP contribution in [0.1, 0.15) is 36.8 Å². The van der Waals surface area contributed by atoms with E-state index in [4.69, 9.17) is 0 Å². The minimum absolute atomic E-state index is 0.120. The lowest BCUT2D eigenvalue weighted by molar-refractivity contribution is 0.696. The molecule has 80 valence electrons. The lowest BCUT2D eigenvalue weighted by Gasteiger charge is -1.98. The molecule has 0 nitrogen and oxygen atoms in total. The van der Waals surface area contributed by atoms with E-state index >= 15 is 0 Å². The Morgan fingerprint density at radius 1 is 1.00 bits per heavy atom. The van der Waals surface area contributed by atoms with E-state index in [-0.39, 0.29) is 7.53 Å². The number of hydrogen-bond donors (Lipinski definition) is 0. The molecule has 0 N–H and O–H groups in total. The van der Waals surface area contributed by atoms with Gasteiger partial charge in [-0.05, 0) is 55.6 Å². The summed E-state index contributed by atoms with van der Waals surface area (Å²) in [6, 6.07) is 0. The van der Waals surface area contributed by atoms with Gasteiger partial charge in [-0.3, -0.25) is 0 Å². The fourth-order valence-electron chi connectivity index (χ4n) is 1.61. The number of aryl methyl sites for hydroxylation is 3. The van der Waals surface area contributed by atoms with Crippen LogP contribution < -0.4 is 0 Å². The molecule has 14 heavy (non-hydrogen) atoms. The normalized spacial score (nSPS) is 10.8. The summed E-state index contributed by atoms with van der Waals surface area (Å²) >= 11 is 3.47. The summed E-state index contributed by atoms with van der Waals surface area (Å²) in [5.74, 6) is 4.96. The van der Waals surface area contributed by atoms with Crippen molar-refractivity contribution in [2.24, 2.45) is 0 Å². The zero-order valence-electron chi connectivity index (χ0n) is 9.22. The average molecular weight is 275 g/mol. The molecule has 0 aliphatic heterocycles. The van der Waals surface area contributed by atoms with Gasteiger partial charge in [0.25, 0.3) is 0 Å². The Labute approximate surface area is 97.3 Å². The zero-order valence-corrected chi connectivity index (χ0v) is 11.7. The first-order valence-electron chi connectivity index (χ1n) is 5.43. The van der Waals surface area contributed by atoms with Crippen LogP contribution in [0.4, 0.5) is 0 Å². The molecule has 1 heterocycles. The predicted octanol–water partition coefficient (Wildman–Crippen LogP) is 5.25. The van der Waals surface area contributed by atoms with Crippen LogP contribution in [0.2, 0.25) is 0 Å². The molecule has 0 aliphatic carbocycles. The fraction of sp³-hybridized carbons (Fsp3) is 0.667. The first-order valence-corrected chi connectivity index (χ1v) is 8.21. The molecule has 0 unspecified atom stereocenters. The van der Waals surface area contributed by atoms with Gasteiger partial charge in [0.2, 0.25) is 0 Å². The summed E-state index contributed by atoms with van der Waals surface area (Å²) in [6.45, 7) is 4.47. The largest absolute Gasteiger partial charge is 0.124 e. The summed E-state index contributed by atoms with van der Waals surface area (Å²) in [4.78, 5) is 0. The minimum atomic E-state index is 0.120. The summed E-state index contributed by atoms with van der Waals surface area (Å²) in [7, 11) is 0.120. The van der Waals surface area contributed by atoms with Gasteiger partial charge in [-0.1, -0.05) is 28.8 Å². The van der Waals surface area contributed by atoms with Crippen molar-refractivity contribution in [2.45, 2.75) is 45.7 Å². The van der Waals surface area contributed by atoms with E-state index in [1.54, 1.807) is 0 Å². The van der Waals surface area contributed by atoms with Gasteiger partial charge in [0, 0.05) is 5.33 Å².